The number of carbonyl (C=O) groups is 2. The van der Waals surface area contributed by atoms with Crippen molar-refractivity contribution in [3.05, 3.63) is 29.7 Å². The lowest BCUT2D eigenvalue weighted by molar-refractivity contribution is -0.131. The SMILES string of the molecule is CC.CCCN(CCC)c1nc(C)ncc1C#CCCCNC(=O)CN(C)C(=O)/C=C/CN(C)C.[HH]. The number of likely N-dealkylation sites (N-methyl/N-ethyl adjacent to an activating group) is 2. The first-order chi connectivity index (χ1) is 16.8. The summed E-state index contributed by atoms with van der Waals surface area (Å²) >= 11 is 0. The van der Waals surface area contributed by atoms with Crippen LogP contribution < -0.4 is 10.2 Å². The molecule has 0 spiro atoms. The average molecular weight is 489 g/mol. The summed E-state index contributed by atoms with van der Waals surface area (Å²) in [6.07, 6.45) is 8.54. The van der Waals surface area contributed by atoms with E-state index in [1.54, 1.807) is 19.3 Å². The molecule has 2 amide bonds. The van der Waals surface area contributed by atoms with E-state index in [1.165, 1.54) is 11.0 Å². The van der Waals surface area contributed by atoms with Crippen LogP contribution in [-0.4, -0.2) is 85.4 Å². The molecule has 0 fully saturated rings. The molecule has 1 aromatic rings. The predicted octanol–water partition coefficient (Wildman–Crippen LogP) is 3.51. The van der Waals surface area contributed by atoms with Crippen molar-refractivity contribution in [2.45, 2.75) is 60.3 Å². The molecule has 8 heteroatoms. The van der Waals surface area contributed by atoms with Gasteiger partial charge in [0.2, 0.25) is 11.8 Å². The Morgan fingerprint density at radius 2 is 1.80 bits per heavy atom. The Kier molecular flexibility index (Phi) is 17.8. The van der Waals surface area contributed by atoms with Gasteiger partial charge in [0.1, 0.15) is 11.6 Å². The Labute approximate surface area is 214 Å². The van der Waals surface area contributed by atoms with Crippen LogP contribution in [0, 0.1) is 18.8 Å². The van der Waals surface area contributed by atoms with Gasteiger partial charge in [-0.25, -0.2) is 9.97 Å². The minimum atomic E-state index is -0.186. The van der Waals surface area contributed by atoms with Crippen molar-refractivity contribution in [2.75, 3.05) is 58.8 Å². The number of hydrogen-bond donors (Lipinski definition) is 1. The molecule has 0 saturated heterocycles. The lowest BCUT2D eigenvalue weighted by Crippen LogP contribution is -2.38. The quantitative estimate of drug-likeness (QED) is 0.260. The molecule has 0 bridgehead atoms. The van der Waals surface area contributed by atoms with E-state index in [0.29, 0.717) is 19.5 Å². The van der Waals surface area contributed by atoms with E-state index < -0.39 is 0 Å². The summed E-state index contributed by atoms with van der Waals surface area (Å²) < 4.78 is 0. The van der Waals surface area contributed by atoms with E-state index >= 15 is 0 Å². The van der Waals surface area contributed by atoms with E-state index in [0.717, 1.165) is 49.6 Å². The van der Waals surface area contributed by atoms with Crippen molar-refractivity contribution in [2.24, 2.45) is 0 Å². The van der Waals surface area contributed by atoms with Crippen molar-refractivity contribution in [1.29, 1.82) is 0 Å². The maximum absolute atomic E-state index is 12.1. The van der Waals surface area contributed by atoms with E-state index in [2.05, 4.69) is 45.9 Å². The van der Waals surface area contributed by atoms with Crippen LogP contribution in [0.15, 0.2) is 18.3 Å². The van der Waals surface area contributed by atoms with Gasteiger partial charge in [-0.15, -0.1) is 0 Å². The molecule has 0 aromatic carbocycles. The molecule has 0 atom stereocenters. The molecule has 1 N–H and O–H groups in total. The van der Waals surface area contributed by atoms with Crippen molar-refractivity contribution in [3.8, 4) is 11.8 Å². The molecule has 0 radical (unpaired) electrons. The number of nitrogens with one attached hydrogen (secondary N) is 1. The molecule has 1 heterocycles. The molecule has 0 aliphatic carbocycles. The standard InChI is InChI=1S/C25H40N6O2.C2H6.H2/c1-7-16-31(17-8-2)25-22(19-27-21(3)28-25)13-10-9-11-15-26-23(32)20-30(6)24(33)14-12-18-29(4)5;1-2;/h12,14,19H,7-9,11,15-18,20H2,1-6H3,(H,26,32);1-2H3;1H/b14-12+;;. The van der Waals surface area contributed by atoms with Gasteiger partial charge in [-0.05, 0) is 40.3 Å². The van der Waals surface area contributed by atoms with E-state index in [4.69, 9.17) is 0 Å². The van der Waals surface area contributed by atoms with Gasteiger partial charge in [0, 0.05) is 53.3 Å². The Balaban J connectivity index is 0. The highest BCUT2D eigenvalue weighted by molar-refractivity contribution is 5.91. The van der Waals surface area contributed by atoms with Gasteiger partial charge >= 0.3 is 0 Å². The van der Waals surface area contributed by atoms with Crippen LogP contribution in [0.4, 0.5) is 5.82 Å². The van der Waals surface area contributed by atoms with Gasteiger partial charge in [-0.3, -0.25) is 9.59 Å². The fourth-order valence-electron chi connectivity index (χ4n) is 3.05. The molecule has 198 valence electrons. The van der Waals surface area contributed by atoms with Crippen molar-refractivity contribution >= 4 is 17.6 Å². The number of aryl methyl sites for hydroxylation is 1. The molecule has 8 nitrogen and oxygen atoms in total. The maximum atomic E-state index is 12.1. The largest absolute Gasteiger partial charge is 0.355 e. The normalized spacial score (nSPS) is 10.3. The first kappa shape index (κ1) is 32.1. The average Bonchev–Trinajstić information content (AvgIpc) is 2.82. The molecule has 1 aromatic heterocycles. The number of unbranched alkanes of at least 4 members (excludes halogenated alkanes) is 1. The highest BCUT2D eigenvalue weighted by atomic mass is 16.2. The van der Waals surface area contributed by atoms with Crippen molar-refractivity contribution in [1.82, 2.24) is 25.1 Å². The van der Waals surface area contributed by atoms with Crippen LogP contribution in [0.5, 0.6) is 0 Å². The Bertz CT molecular complexity index is 842. The molecular formula is C27H48N6O2. The van der Waals surface area contributed by atoms with Crippen LogP contribution in [0.2, 0.25) is 0 Å². The second-order valence-corrected chi connectivity index (χ2v) is 8.26. The zero-order chi connectivity index (χ0) is 26.6. The summed E-state index contributed by atoms with van der Waals surface area (Å²) in [5.41, 5.74) is 0.842. The van der Waals surface area contributed by atoms with Crippen LogP contribution in [0.1, 0.15) is 66.2 Å². The number of carbonyl (C=O) groups excluding carboxylic acids is 2. The van der Waals surface area contributed by atoms with Gasteiger partial charge in [0.15, 0.2) is 0 Å². The lowest BCUT2D eigenvalue weighted by Gasteiger charge is -2.23. The predicted molar refractivity (Wildman–Crippen MR) is 147 cm³/mol. The monoisotopic (exact) mass is 488 g/mol. The van der Waals surface area contributed by atoms with Crippen LogP contribution in [-0.2, 0) is 9.59 Å². The zero-order valence-corrected chi connectivity index (χ0v) is 23.1. The molecule has 0 saturated carbocycles. The fourth-order valence-corrected chi connectivity index (χ4v) is 3.05. The van der Waals surface area contributed by atoms with Crippen LogP contribution >= 0.6 is 0 Å². The van der Waals surface area contributed by atoms with Gasteiger partial charge in [0.05, 0.1) is 12.1 Å². The summed E-state index contributed by atoms with van der Waals surface area (Å²) in [5.74, 6) is 7.67. The number of amides is 2. The molecule has 0 unspecified atom stereocenters. The lowest BCUT2D eigenvalue weighted by atomic mass is 10.2. The highest BCUT2D eigenvalue weighted by Crippen LogP contribution is 2.17. The third kappa shape index (κ3) is 14.2. The van der Waals surface area contributed by atoms with Crippen LogP contribution in [0.25, 0.3) is 0 Å². The summed E-state index contributed by atoms with van der Waals surface area (Å²) in [7, 11) is 5.48. The smallest absolute Gasteiger partial charge is 0.246 e. The number of hydrogen-bond acceptors (Lipinski definition) is 6. The van der Waals surface area contributed by atoms with Gasteiger partial charge in [-0.2, -0.15) is 0 Å². The third-order valence-electron chi connectivity index (χ3n) is 4.69. The zero-order valence-electron chi connectivity index (χ0n) is 23.1. The number of rotatable bonds is 13. The topological polar surface area (TPSA) is 81.7 Å². The van der Waals surface area contributed by atoms with Crippen LogP contribution in [0.3, 0.4) is 0 Å². The second-order valence-electron chi connectivity index (χ2n) is 8.26. The fraction of sp³-hybridized carbons (Fsp3) is 0.630. The highest BCUT2D eigenvalue weighted by Gasteiger charge is 2.12. The first-order valence-corrected chi connectivity index (χ1v) is 12.7. The molecule has 0 aliphatic heterocycles. The Hall–Kier alpha value is -2.92. The minimum absolute atomic E-state index is 0. The summed E-state index contributed by atoms with van der Waals surface area (Å²) in [6.45, 7) is 13.3. The van der Waals surface area contributed by atoms with Gasteiger partial charge < -0.3 is 20.0 Å². The number of nitrogens with zero attached hydrogens (tertiary/aromatic N) is 5. The van der Waals surface area contributed by atoms with E-state index in [-0.39, 0.29) is 19.8 Å². The summed E-state index contributed by atoms with van der Waals surface area (Å²) in [6, 6.07) is 0. The van der Waals surface area contributed by atoms with Crippen molar-refractivity contribution < 1.29 is 11.0 Å². The summed E-state index contributed by atoms with van der Waals surface area (Å²) in [5, 5.41) is 2.85. The molecule has 1 rings (SSSR count). The van der Waals surface area contributed by atoms with Crippen molar-refractivity contribution in [3.63, 3.8) is 0 Å². The number of aromatic nitrogens is 2. The molecular weight excluding hydrogens is 440 g/mol. The van der Waals surface area contributed by atoms with Gasteiger partial charge in [0.25, 0.3) is 0 Å². The number of anilines is 1. The Morgan fingerprint density at radius 1 is 1.14 bits per heavy atom. The van der Waals surface area contributed by atoms with Gasteiger partial charge in [-0.1, -0.05) is 45.6 Å². The minimum Gasteiger partial charge on any atom is -0.355 e. The van der Waals surface area contributed by atoms with E-state index in [9.17, 15) is 9.59 Å². The molecule has 35 heavy (non-hydrogen) atoms. The van der Waals surface area contributed by atoms with E-state index in [1.807, 2.05) is 39.8 Å². The maximum Gasteiger partial charge on any atom is 0.246 e. The third-order valence-corrected chi connectivity index (χ3v) is 4.69. The summed E-state index contributed by atoms with van der Waals surface area (Å²) in [4.78, 5) is 38.6. The second kappa shape index (κ2) is 19.4. The first-order valence-electron chi connectivity index (χ1n) is 12.7. The molecule has 0 aliphatic rings. The Morgan fingerprint density at radius 3 is 2.40 bits per heavy atom.